The highest BCUT2D eigenvalue weighted by Gasteiger charge is 2.57. The zero-order valence-corrected chi connectivity index (χ0v) is 17.6. The zero-order chi connectivity index (χ0) is 20.9. The van der Waals surface area contributed by atoms with Crippen LogP contribution in [-0.2, 0) is 9.53 Å². The predicted molar refractivity (Wildman–Crippen MR) is 111 cm³/mol. The van der Waals surface area contributed by atoms with Crippen LogP contribution in [0.4, 0.5) is 0 Å². The lowest BCUT2D eigenvalue weighted by Gasteiger charge is -2.60. The van der Waals surface area contributed by atoms with E-state index < -0.39 is 0 Å². The Labute approximate surface area is 177 Å². The number of benzene rings is 1. The molecule has 1 aromatic carbocycles. The molecule has 1 aromatic rings. The van der Waals surface area contributed by atoms with Gasteiger partial charge in [-0.2, -0.15) is 0 Å². The van der Waals surface area contributed by atoms with E-state index in [0.29, 0.717) is 42.3 Å². The molecule has 4 bridgehead atoms. The number of nitrogens with one attached hydrogen (secondary N) is 1. The van der Waals surface area contributed by atoms with E-state index in [4.69, 9.17) is 4.74 Å². The van der Waals surface area contributed by atoms with E-state index in [9.17, 15) is 14.4 Å². The van der Waals surface area contributed by atoms with Gasteiger partial charge in [0.05, 0.1) is 16.7 Å². The summed E-state index contributed by atoms with van der Waals surface area (Å²) >= 11 is 0. The number of hydrogen-bond acceptors (Lipinski definition) is 4. The fourth-order valence-electron chi connectivity index (χ4n) is 6.84. The molecule has 3 amide bonds. The molecular weight excluding hydrogens is 380 g/mol. The van der Waals surface area contributed by atoms with Gasteiger partial charge >= 0.3 is 0 Å². The van der Waals surface area contributed by atoms with Gasteiger partial charge in [-0.1, -0.05) is 12.1 Å². The van der Waals surface area contributed by atoms with Gasteiger partial charge < -0.3 is 10.1 Å². The zero-order valence-electron chi connectivity index (χ0n) is 17.6. The molecule has 160 valence electrons. The van der Waals surface area contributed by atoms with Gasteiger partial charge in [-0.25, -0.2) is 0 Å². The summed E-state index contributed by atoms with van der Waals surface area (Å²) in [6.07, 6.45) is 7.08. The molecule has 5 aliphatic rings. The normalized spacial score (nSPS) is 33.8. The van der Waals surface area contributed by atoms with Crippen LogP contribution in [0, 0.1) is 23.7 Å². The number of methoxy groups -OCH3 is 1. The lowest BCUT2D eigenvalue weighted by molar-refractivity contribution is -0.188. The van der Waals surface area contributed by atoms with Gasteiger partial charge in [-0.15, -0.1) is 0 Å². The molecule has 0 aromatic heterocycles. The fraction of sp³-hybridized carbons (Fsp3) is 0.625. The van der Waals surface area contributed by atoms with Crippen LogP contribution in [-0.4, -0.2) is 48.4 Å². The van der Waals surface area contributed by atoms with Gasteiger partial charge in [-0.05, 0) is 74.3 Å². The summed E-state index contributed by atoms with van der Waals surface area (Å²) in [6, 6.07) is 6.88. The number of hydrogen-bond donors (Lipinski definition) is 1. The maximum Gasteiger partial charge on any atom is 0.261 e. The Balaban J connectivity index is 1.13. The highest BCUT2D eigenvalue weighted by molar-refractivity contribution is 6.21. The van der Waals surface area contributed by atoms with E-state index in [0.717, 1.165) is 11.8 Å². The van der Waals surface area contributed by atoms with Gasteiger partial charge in [0.1, 0.15) is 0 Å². The summed E-state index contributed by atoms with van der Waals surface area (Å²) in [5.41, 5.74) is 0.692. The molecule has 1 N–H and O–H groups in total. The van der Waals surface area contributed by atoms with Gasteiger partial charge in [0.25, 0.3) is 11.8 Å². The van der Waals surface area contributed by atoms with E-state index in [1.165, 1.54) is 37.0 Å². The Bertz CT molecular complexity index is 817. The highest BCUT2D eigenvalue weighted by Crippen LogP contribution is 2.59. The third-order valence-corrected chi connectivity index (χ3v) is 8.13. The first-order chi connectivity index (χ1) is 14.5. The summed E-state index contributed by atoms with van der Waals surface area (Å²) in [6.45, 7) is 0.841. The second kappa shape index (κ2) is 7.49. The quantitative estimate of drug-likeness (QED) is 0.701. The molecule has 4 saturated carbocycles. The molecule has 0 radical (unpaired) electrons. The molecule has 6 nitrogen and oxygen atoms in total. The molecule has 0 unspecified atom stereocenters. The van der Waals surface area contributed by atoms with Crippen LogP contribution in [0.15, 0.2) is 24.3 Å². The van der Waals surface area contributed by atoms with Crippen molar-refractivity contribution >= 4 is 17.7 Å². The minimum atomic E-state index is -0.261. The Morgan fingerprint density at radius 2 is 1.60 bits per heavy atom. The van der Waals surface area contributed by atoms with Crippen LogP contribution in [0.3, 0.4) is 0 Å². The molecular formula is C24H30N2O4. The molecule has 6 heteroatoms. The minimum Gasteiger partial charge on any atom is -0.376 e. The molecule has 1 heterocycles. The van der Waals surface area contributed by atoms with Crippen molar-refractivity contribution < 1.29 is 19.1 Å². The van der Waals surface area contributed by atoms with Crippen LogP contribution in [0.25, 0.3) is 0 Å². The van der Waals surface area contributed by atoms with Crippen LogP contribution in [0.5, 0.6) is 0 Å². The summed E-state index contributed by atoms with van der Waals surface area (Å²) < 4.78 is 6.10. The molecule has 6 rings (SSSR count). The van der Waals surface area contributed by atoms with Gasteiger partial charge in [-0.3, -0.25) is 19.3 Å². The van der Waals surface area contributed by atoms with Crippen molar-refractivity contribution in [1.82, 2.24) is 10.2 Å². The van der Waals surface area contributed by atoms with Crippen molar-refractivity contribution in [2.24, 2.45) is 23.7 Å². The molecule has 1 aliphatic heterocycles. The number of amides is 3. The van der Waals surface area contributed by atoms with Gasteiger partial charge in [0, 0.05) is 26.6 Å². The Morgan fingerprint density at radius 3 is 2.13 bits per heavy atom. The summed E-state index contributed by atoms with van der Waals surface area (Å²) in [5.74, 6) is 2.26. The topological polar surface area (TPSA) is 75.7 Å². The number of nitrogens with zero attached hydrogens (tertiary/aromatic N) is 1. The smallest absolute Gasteiger partial charge is 0.261 e. The van der Waals surface area contributed by atoms with Crippen LogP contribution >= 0.6 is 0 Å². The number of imide groups is 1. The second-order valence-corrected chi connectivity index (χ2v) is 9.65. The molecule has 4 aliphatic carbocycles. The van der Waals surface area contributed by atoms with Crippen LogP contribution in [0.1, 0.15) is 65.7 Å². The molecule has 4 fully saturated rings. The van der Waals surface area contributed by atoms with Crippen molar-refractivity contribution in [2.45, 2.75) is 50.5 Å². The number of fused-ring (bicyclic) bond motifs is 1. The average Bonchev–Trinajstić information content (AvgIpc) is 2.98. The largest absolute Gasteiger partial charge is 0.376 e. The second-order valence-electron chi connectivity index (χ2n) is 9.65. The minimum absolute atomic E-state index is 0.0307. The van der Waals surface area contributed by atoms with E-state index >= 15 is 0 Å². The van der Waals surface area contributed by atoms with E-state index in [1.54, 1.807) is 31.4 Å². The molecule has 0 saturated heterocycles. The fourth-order valence-corrected chi connectivity index (χ4v) is 6.84. The third kappa shape index (κ3) is 3.08. The SMILES string of the molecule is COC1(CNC(=O)CCCN2C(=O)c3ccccc3C2=O)C2CC3CC(C2)CC1C3. The standard InChI is InChI=1S/C24H30N2O4/c1-30-24(17-10-15-9-16(12-17)13-18(24)11-15)14-25-21(27)7-4-8-26-22(28)19-5-2-3-6-20(19)23(26)29/h2-3,5-6,15-18H,4,7-14H2,1H3,(H,25,27). The van der Waals surface area contributed by atoms with Crippen molar-refractivity contribution in [3.05, 3.63) is 35.4 Å². The summed E-state index contributed by atoms with van der Waals surface area (Å²) in [4.78, 5) is 38.6. The van der Waals surface area contributed by atoms with Crippen molar-refractivity contribution in [3.63, 3.8) is 0 Å². The maximum absolute atomic E-state index is 12.5. The molecule has 30 heavy (non-hydrogen) atoms. The first-order valence-corrected chi connectivity index (χ1v) is 11.3. The number of rotatable bonds is 7. The molecule has 0 atom stereocenters. The third-order valence-electron chi connectivity index (χ3n) is 8.13. The van der Waals surface area contributed by atoms with Crippen molar-refractivity contribution in [1.29, 1.82) is 0 Å². The van der Waals surface area contributed by atoms with Crippen LogP contribution < -0.4 is 5.32 Å². The predicted octanol–water partition coefficient (Wildman–Crippen LogP) is 3.02. The van der Waals surface area contributed by atoms with Gasteiger partial charge in [0.2, 0.25) is 5.91 Å². The Morgan fingerprint density at radius 1 is 1.03 bits per heavy atom. The number of ether oxygens (including phenoxy) is 1. The first-order valence-electron chi connectivity index (χ1n) is 11.3. The van der Waals surface area contributed by atoms with Crippen molar-refractivity contribution in [3.8, 4) is 0 Å². The maximum atomic E-state index is 12.5. The highest BCUT2D eigenvalue weighted by atomic mass is 16.5. The van der Waals surface area contributed by atoms with E-state index in [2.05, 4.69) is 5.32 Å². The number of carbonyl (C=O) groups is 3. The molecule has 0 spiro atoms. The van der Waals surface area contributed by atoms with E-state index in [-0.39, 0.29) is 29.9 Å². The van der Waals surface area contributed by atoms with Crippen LogP contribution in [0.2, 0.25) is 0 Å². The average molecular weight is 411 g/mol. The summed E-state index contributed by atoms with van der Waals surface area (Å²) in [5, 5.41) is 3.12. The summed E-state index contributed by atoms with van der Waals surface area (Å²) in [7, 11) is 1.80. The lowest BCUT2D eigenvalue weighted by Crippen LogP contribution is -2.63. The Kier molecular flexibility index (Phi) is 4.92. The van der Waals surface area contributed by atoms with Gasteiger partial charge in [0.15, 0.2) is 0 Å². The van der Waals surface area contributed by atoms with Crippen molar-refractivity contribution in [2.75, 3.05) is 20.2 Å². The Hall–Kier alpha value is -2.21. The number of carbonyl (C=O) groups excluding carboxylic acids is 3. The lowest BCUT2D eigenvalue weighted by atomic mass is 9.49. The monoisotopic (exact) mass is 410 g/mol. The first kappa shape index (κ1) is 19.7. The van der Waals surface area contributed by atoms with E-state index in [1.807, 2.05) is 0 Å².